The van der Waals surface area contributed by atoms with Crippen molar-refractivity contribution < 1.29 is 14.4 Å². The average Bonchev–Trinajstić information content (AvgIpc) is 3.46. The number of piperidine rings is 1. The number of carbonyl (C=O) groups excluding carboxylic acids is 3. The van der Waals surface area contributed by atoms with E-state index < -0.39 is 11.9 Å². The maximum Gasteiger partial charge on any atom is 0.261 e. The van der Waals surface area contributed by atoms with E-state index in [9.17, 15) is 19.2 Å². The molecule has 11 heteroatoms. The molecule has 1 fully saturated rings. The van der Waals surface area contributed by atoms with Gasteiger partial charge in [0.1, 0.15) is 17.6 Å². The first-order valence-corrected chi connectivity index (χ1v) is 11.5. The van der Waals surface area contributed by atoms with Crippen LogP contribution in [-0.2, 0) is 22.7 Å². The van der Waals surface area contributed by atoms with Gasteiger partial charge in [-0.2, -0.15) is 0 Å². The van der Waals surface area contributed by atoms with Crippen molar-refractivity contribution >= 4 is 28.6 Å². The first-order valence-electron chi connectivity index (χ1n) is 11.5. The van der Waals surface area contributed by atoms with Gasteiger partial charge in [0.05, 0.1) is 29.3 Å². The summed E-state index contributed by atoms with van der Waals surface area (Å²) in [6.45, 7) is 2.27. The van der Waals surface area contributed by atoms with E-state index in [2.05, 4.69) is 20.6 Å². The molecular formula is C25H21N7O4. The third-order valence-corrected chi connectivity index (χ3v) is 6.69. The molecule has 0 spiro atoms. The number of rotatable bonds is 4. The van der Waals surface area contributed by atoms with Crippen LogP contribution in [0.2, 0.25) is 0 Å². The van der Waals surface area contributed by atoms with Crippen LogP contribution in [0.15, 0.2) is 53.5 Å². The lowest BCUT2D eigenvalue weighted by molar-refractivity contribution is -0.136. The van der Waals surface area contributed by atoms with Gasteiger partial charge in [-0.25, -0.2) is 9.67 Å². The number of fused-ring (bicyclic) bond motifs is 2. The number of para-hydroxylation sites is 1. The number of hydrogen-bond acceptors (Lipinski definition) is 7. The minimum Gasteiger partial charge on any atom is -0.322 e. The third-order valence-electron chi connectivity index (χ3n) is 6.69. The average molecular weight is 483 g/mol. The van der Waals surface area contributed by atoms with Crippen LogP contribution in [-0.4, -0.2) is 53.2 Å². The van der Waals surface area contributed by atoms with Gasteiger partial charge in [-0.3, -0.25) is 29.1 Å². The molecular weight excluding hydrogens is 462 g/mol. The summed E-state index contributed by atoms with van der Waals surface area (Å²) in [7, 11) is 0. The molecule has 2 aliphatic rings. The second-order valence-electron chi connectivity index (χ2n) is 8.96. The van der Waals surface area contributed by atoms with Crippen LogP contribution in [0.1, 0.15) is 40.3 Å². The van der Waals surface area contributed by atoms with E-state index in [0.717, 1.165) is 5.56 Å². The van der Waals surface area contributed by atoms with E-state index in [1.807, 2.05) is 18.2 Å². The highest BCUT2D eigenvalue weighted by molar-refractivity contribution is 6.05. The summed E-state index contributed by atoms with van der Waals surface area (Å²) >= 11 is 0. The van der Waals surface area contributed by atoms with Crippen LogP contribution >= 0.6 is 0 Å². The zero-order valence-corrected chi connectivity index (χ0v) is 19.3. The van der Waals surface area contributed by atoms with Crippen LogP contribution in [0.5, 0.6) is 0 Å². The standard InChI is InChI=1S/C25H21N7O4/c1-14-26-20-5-3-2-4-19(20)25(36)30(14)12-16-13-32(29-28-16)17-6-7-18-15(10-17)11-31(24(18)35)21-8-9-22(33)27-23(21)34/h2-7,10,13,21H,8-9,11-12H2,1H3,(H,27,33,34). The maximum absolute atomic E-state index is 13.0. The fraction of sp³-hybridized carbons (Fsp3) is 0.240. The minimum atomic E-state index is -0.666. The summed E-state index contributed by atoms with van der Waals surface area (Å²) < 4.78 is 3.15. The second-order valence-corrected chi connectivity index (χ2v) is 8.96. The first kappa shape index (κ1) is 21.8. The molecule has 1 N–H and O–H groups in total. The molecule has 1 unspecified atom stereocenters. The number of carbonyl (C=O) groups is 3. The van der Waals surface area contributed by atoms with Crippen molar-refractivity contribution in [1.29, 1.82) is 0 Å². The van der Waals surface area contributed by atoms with E-state index in [1.54, 1.807) is 46.6 Å². The molecule has 2 aliphatic heterocycles. The molecule has 180 valence electrons. The number of aryl methyl sites for hydroxylation is 1. The molecule has 0 radical (unpaired) electrons. The van der Waals surface area contributed by atoms with E-state index in [-0.39, 0.29) is 36.9 Å². The summed E-state index contributed by atoms with van der Waals surface area (Å²) in [5.74, 6) is -0.411. The highest BCUT2D eigenvalue weighted by atomic mass is 16.2. The van der Waals surface area contributed by atoms with Gasteiger partial charge < -0.3 is 4.90 Å². The minimum absolute atomic E-state index is 0.141. The predicted octanol–water partition coefficient (Wildman–Crippen LogP) is 1.09. The Labute approximate surface area is 204 Å². The molecule has 11 nitrogen and oxygen atoms in total. The quantitative estimate of drug-likeness (QED) is 0.430. The summed E-state index contributed by atoms with van der Waals surface area (Å²) in [6.07, 6.45) is 2.25. The summed E-state index contributed by atoms with van der Waals surface area (Å²) in [5, 5.41) is 11.3. The lowest BCUT2D eigenvalue weighted by Crippen LogP contribution is -2.52. The molecule has 4 aromatic rings. The molecule has 1 saturated heterocycles. The molecule has 1 atom stereocenters. The summed E-state index contributed by atoms with van der Waals surface area (Å²) in [6, 6.07) is 11.9. The largest absolute Gasteiger partial charge is 0.322 e. The molecule has 0 saturated carbocycles. The maximum atomic E-state index is 13.0. The van der Waals surface area contributed by atoms with Crippen LogP contribution in [0, 0.1) is 6.92 Å². The zero-order valence-electron chi connectivity index (χ0n) is 19.3. The Hall–Kier alpha value is -4.67. The Bertz CT molecular complexity index is 1640. The van der Waals surface area contributed by atoms with Crippen LogP contribution in [0.3, 0.4) is 0 Å². The van der Waals surface area contributed by atoms with Gasteiger partial charge in [-0.05, 0) is 49.2 Å². The van der Waals surface area contributed by atoms with Gasteiger partial charge >= 0.3 is 0 Å². The molecule has 0 aliphatic carbocycles. The summed E-state index contributed by atoms with van der Waals surface area (Å²) in [5.41, 5.74) is 3.08. The van der Waals surface area contributed by atoms with Crippen molar-refractivity contribution in [3.8, 4) is 5.69 Å². The predicted molar refractivity (Wildman–Crippen MR) is 127 cm³/mol. The van der Waals surface area contributed by atoms with Crippen LogP contribution in [0.4, 0.5) is 0 Å². The molecule has 3 amide bonds. The van der Waals surface area contributed by atoms with E-state index >= 15 is 0 Å². The number of nitrogens with one attached hydrogen (secondary N) is 1. The van der Waals surface area contributed by atoms with E-state index in [0.29, 0.717) is 40.1 Å². The molecule has 36 heavy (non-hydrogen) atoms. The van der Waals surface area contributed by atoms with Crippen LogP contribution < -0.4 is 10.9 Å². The molecule has 2 aromatic heterocycles. The monoisotopic (exact) mass is 483 g/mol. The lowest BCUT2D eigenvalue weighted by Gasteiger charge is -2.29. The molecule has 6 rings (SSSR count). The Morgan fingerprint density at radius 2 is 1.92 bits per heavy atom. The molecule has 0 bridgehead atoms. The Kier molecular flexibility index (Phi) is 4.99. The van der Waals surface area contributed by atoms with Gasteiger partial charge in [-0.15, -0.1) is 5.10 Å². The highest BCUT2D eigenvalue weighted by Gasteiger charge is 2.39. The number of imide groups is 1. The van der Waals surface area contributed by atoms with Gasteiger partial charge in [0.25, 0.3) is 11.5 Å². The van der Waals surface area contributed by atoms with Crippen molar-refractivity contribution in [3.63, 3.8) is 0 Å². The van der Waals surface area contributed by atoms with Gasteiger partial charge in [0, 0.05) is 18.5 Å². The SMILES string of the molecule is Cc1nc2ccccc2c(=O)n1Cc1cn(-c2ccc3c(c2)CN(C2CCC(=O)NC2=O)C3=O)nn1. The lowest BCUT2D eigenvalue weighted by atomic mass is 10.0. The van der Waals surface area contributed by atoms with Crippen LogP contribution in [0.25, 0.3) is 16.6 Å². The Morgan fingerprint density at radius 1 is 1.08 bits per heavy atom. The summed E-state index contributed by atoms with van der Waals surface area (Å²) in [4.78, 5) is 55.7. The van der Waals surface area contributed by atoms with Crippen molar-refractivity contribution in [2.45, 2.75) is 38.9 Å². The number of hydrogen-bond donors (Lipinski definition) is 1. The normalized spacial score (nSPS) is 17.5. The highest BCUT2D eigenvalue weighted by Crippen LogP contribution is 2.29. The van der Waals surface area contributed by atoms with Crippen molar-refractivity contribution in [2.75, 3.05) is 0 Å². The number of benzene rings is 2. The Balaban J connectivity index is 1.25. The molecule has 4 heterocycles. The fourth-order valence-electron chi connectivity index (χ4n) is 4.83. The van der Waals surface area contributed by atoms with Gasteiger partial charge in [0.2, 0.25) is 11.8 Å². The second kappa shape index (κ2) is 8.22. The zero-order chi connectivity index (χ0) is 25.0. The fourth-order valence-corrected chi connectivity index (χ4v) is 4.83. The van der Waals surface area contributed by atoms with Gasteiger partial charge in [0.15, 0.2) is 0 Å². The number of nitrogens with zero attached hydrogens (tertiary/aromatic N) is 6. The van der Waals surface area contributed by atoms with Crippen molar-refractivity contribution in [1.82, 2.24) is 34.8 Å². The van der Waals surface area contributed by atoms with E-state index in [4.69, 9.17) is 0 Å². The first-order chi connectivity index (χ1) is 17.4. The topological polar surface area (TPSA) is 132 Å². The van der Waals surface area contributed by atoms with Crippen molar-refractivity contribution in [3.05, 3.63) is 81.7 Å². The van der Waals surface area contributed by atoms with Crippen molar-refractivity contribution in [2.24, 2.45) is 0 Å². The smallest absolute Gasteiger partial charge is 0.261 e. The Morgan fingerprint density at radius 3 is 2.75 bits per heavy atom. The number of amides is 3. The molecule has 2 aromatic carbocycles. The van der Waals surface area contributed by atoms with E-state index in [1.165, 1.54) is 4.90 Å². The third kappa shape index (κ3) is 3.56. The van der Waals surface area contributed by atoms with Gasteiger partial charge in [-0.1, -0.05) is 17.3 Å². The number of aromatic nitrogens is 5.